The highest BCUT2D eigenvalue weighted by Crippen LogP contribution is 2.28. The molecule has 0 radical (unpaired) electrons. The first-order valence-corrected chi connectivity index (χ1v) is 7.49. The van der Waals surface area contributed by atoms with E-state index in [1.807, 2.05) is 0 Å². The van der Waals surface area contributed by atoms with Gasteiger partial charge >= 0.3 is 6.03 Å². The van der Waals surface area contributed by atoms with Crippen LogP contribution >= 0.6 is 0 Å². The number of nitrogens with one attached hydrogen (secondary N) is 2. The van der Waals surface area contributed by atoms with E-state index < -0.39 is 41.3 Å². The van der Waals surface area contributed by atoms with Crippen molar-refractivity contribution < 1.29 is 18.8 Å². The van der Waals surface area contributed by atoms with Gasteiger partial charge in [0.25, 0.3) is 5.91 Å². The molecular formula is C16H21FN4O3. The first-order valence-electron chi connectivity index (χ1n) is 7.49. The third-order valence-corrected chi connectivity index (χ3v) is 3.74. The minimum atomic E-state index is -1.34. The van der Waals surface area contributed by atoms with Crippen molar-refractivity contribution in [2.45, 2.75) is 31.8 Å². The van der Waals surface area contributed by atoms with Crippen molar-refractivity contribution in [3.63, 3.8) is 0 Å². The van der Waals surface area contributed by atoms with Crippen molar-refractivity contribution in [2.75, 3.05) is 13.1 Å². The molecule has 1 heterocycles. The molecule has 7 nitrogen and oxygen atoms in total. The number of hydrogen-bond acceptors (Lipinski definition) is 4. The van der Waals surface area contributed by atoms with Gasteiger partial charge in [0, 0.05) is 12.1 Å². The van der Waals surface area contributed by atoms with Gasteiger partial charge in [-0.25, -0.2) is 9.18 Å². The summed E-state index contributed by atoms with van der Waals surface area (Å²) < 4.78 is 13.1. The molecule has 1 atom stereocenters. The number of amides is 4. The lowest BCUT2D eigenvalue weighted by Gasteiger charge is -2.22. The zero-order chi connectivity index (χ0) is 18.1. The van der Waals surface area contributed by atoms with Crippen LogP contribution in [0.2, 0.25) is 0 Å². The summed E-state index contributed by atoms with van der Waals surface area (Å²) >= 11 is 0. The van der Waals surface area contributed by atoms with Crippen molar-refractivity contribution in [1.29, 1.82) is 0 Å². The number of imide groups is 1. The van der Waals surface area contributed by atoms with Gasteiger partial charge in [0.05, 0.1) is 0 Å². The first kappa shape index (κ1) is 17.9. The number of carbonyl (C=O) groups excluding carboxylic acids is 3. The van der Waals surface area contributed by atoms with E-state index in [-0.39, 0.29) is 6.54 Å². The van der Waals surface area contributed by atoms with E-state index in [1.54, 1.807) is 13.8 Å². The number of hydrogen-bond donors (Lipinski definition) is 3. The van der Waals surface area contributed by atoms with Crippen LogP contribution in [0.3, 0.4) is 0 Å². The molecule has 0 aromatic heterocycles. The minimum Gasteiger partial charge on any atom is -0.353 e. The Bertz CT molecular complexity index is 669. The maximum atomic E-state index is 13.1. The molecule has 130 valence electrons. The first-order chi connectivity index (χ1) is 11.0. The van der Waals surface area contributed by atoms with Gasteiger partial charge in [-0.1, -0.05) is 12.1 Å². The fourth-order valence-corrected chi connectivity index (χ4v) is 2.35. The molecule has 1 aromatic carbocycles. The smallest absolute Gasteiger partial charge is 0.325 e. The Hall–Kier alpha value is -2.48. The van der Waals surface area contributed by atoms with Gasteiger partial charge in [-0.15, -0.1) is 0 Å². The molecule has 1 aliphatic rings. The second-order valence-corrected chi connectivity index (χ2v) is 6.72. The molecule has 0 bridgehead atoms. The highest BCUT2D eigenvalue weighted by atomic mass is 19.1. The van der Waals surface area contributed by atoms with Crippen molar-refractivity contribution >= 4 is 17.8 Å². The molecular weight excluding hydrogens is 315 g/mol. The molecule has 24 heavy (non-hydrogen) atoms. The largest absolute Gasteiger partial charge is 0.353 e. The maximum Gasteiger partial charge on any atom is 0.325 e. The number of rotatable bonds is 5. The number of carbonyl (C=O) groups is 3. The van der Waals surface area contributed by atoms with Gasteiger partial charge < -0.3 is 16.4 Å². The molecule has 1 unspecified atom stereocenters. The summed E-state index contributed by atoms with van der Waals surface area (Å²) in [5.74, 6) is -1.50. The van der Waals surface area contributed by atoms with Crippen molar-refractivity contribution in [1.82, 2.24) is 15.5 Å². The van der Waals surface area contributed by atoms with E-state index in [2.05, 4.69) is 10.6 Å². The highest BCUT2D eigenvalue weighted by Gasteiger charge is 2.49. The van der Waals surface area contributed by atoms with E-state index in [0.717, 1.165) is 4.90 Å². The predicted molar refractivity (Wildman–Crippen MR) is 85.3 cm³/mol. The zero-order valence-corrected chi connectivity index (χ0v) is 13.9. The summed E-state index contributed by atoms with van der Waals surface area (Å²) in [6.07, 6.45) is 0. The molecule has 4 N–H and O–H groups in total. The van der Waals surface area contributed by atoms with E-state index >= 15 is 0 Å². The lowest BCUT2D eigenvalue weighted by Crippen LogP contribution is -2.48. The van der Waals surface area contributed by atoms with Crippen LogP contribution in [0.4, 0.5) is 9.18 Å². The zero-order valence-electron chi connectivity index (χ0n) is 13.9. The summed E-state index contributed by atoms with van der Waals surface area (Å²) in [6, 6.07) is 4.59. The molecule has 1 aliphatic heterocycles. The number of benzene rings is 1. The highest BCUT2D eigenvalue weighted by molar-refractivity contribution is 6.09. The molecule has 0 saturated carbocycles. The monoisotopic (exact) mass is 336 g/mol. The number of nitrogens with zero attached hydrogens (tertiary/aromatic N) is 1. The third-order valence-electron chi connectivity index (χ3n) is 3.74. The molecule has 1 saturated heterocycles. The van der Waals surface area contributed by atoms with Crippen LogP contribution < -0.4 is 16.4 Å². The van der Waals surface area contributed by atoms with Crippen molar-refractivity contribution in [3.05, 3.63) is 35.6 Å². The van der Waals surface area contributed by atoms with Crippen molar-refractivity contribution in [3.8, 4) is 0 Å². The van der Waals surface area contributed by atoms with Crippen LogP contribution in [-0.4, -0.2) is 41.4 Å². The summed E-state index contributed by atoms with van der Waals surface area (Å²) in [5.41, 5.74) is 4.27. The Balaban J connectivity index is 2.11. The minimum absolute atomic E-state index is 0.213. The number of nitrogens with two attached hydrogens (primary N) is 1. The van der Waals surface area contributed by atoms with Gasteiger partial charge in [-0.2, -0.15) is 0 Å². The molecule has 2 rings (SSSR count). The maximum absolute atomic E-state index is 13.1. The normalized spacial score (nSPS) is 21.0. The molecule has 0 aliphatic carbocycles. The molecule has 8 heteroatoms. The van der Waals surface area contributed by atoms with Crippen LogP contribution in [0.25, 0.3) is 0 Å². The third kappa shape index (κ3) is 3.70. The van der Waals surface area contributed by atoms with Gasteiger partial charge in [-0.05, 0) is 38.5 Å². The summed E-state index contributed by atoms with van der Waals surface area (Å²) in [7, 11) is 0. The van der Waals surface area contributed by atoms with E-state index in [4.69, 9.17) is 5.73 Å². The molecule has 0 spiro atoms. The predicted octanol–water partition coefficient (Wildman–Crippen LogP) is 0.446. The van der Waals surface area contributed by atoms with Crippen LogP contribution in [0.1, 0.15) is 26.3 Å². The topological polar surface area (TPSA) is 105 Å². The van der Waals surface area contributed by atoms with E-state index in [9.17, 15) is 18.8 Å². The molecule has 4 amide bonds. The van der Waals surface area contributed by atoms with Crippen LogP contribution in [0.15, 0.2) is 24.3 Å². The SMILES string of the molecule is CC(C)(N)CNC(=O)CN1C(=O)NC(C)(c2ccc(F)cc2)C1=O. The average molecular weight is 336 g/mol. The van der Waals surface area contributed by atoms with Crippen LogP contribution in [0.5, 0.6) is 0 Å². The van der Waals surface area contributed by atoms with Crippen LogP contribution in [0, 0.1) is 5.82 Å². The van der Waals surface area contributed by atoms with Crippen LogP contribution in [-0.2, 0) is 15.1 Å². The Morgan fingerprint density at radius 2 is 1.92 bits per heavy atom. The fourth-order valence-electron chi connectivity index (χ4n) is 2.35. The Morgan fingerprint density at radius 1 is 1.33 bits per heavy atom. The quantitative estimate of drug-likeness (QED) is 0.679. The van der Waals surface area contributed by atoms with E-state index in [0.29, 0.717) is 5.56 Å². The summed E-state index contributed by atoms with van der Waals surface area (Å²) in [4.78, 5) is 37.5. The lowest BCUT2D eigenvalue weighted by atomic mass is 9.92. The Kier molecular flexibility index (Phi) is 4.61. The van der Waals surface area contributed by atoms with Gasteiger partial charge in [0.15, 0.2) is 0 Å². The van der Waals surface area contributed by atoms with Crippen molar-refractivity contribution in [2.24, 2.45) is 5.73 Å². The van der Waals surface area contributed by atoms with E-state index in [1.165, 1.54) is 31.2 Å². The Labute approximate surface area is 139 Å². The average Bonchev–Trinajstić information content (AvgIpc) is 2.69. The van der Waals surface area contributed by atoms with Gasteiger partial charge in [0.2, 0.25) is 5.91 Å². The van der Waals surface area contributed by atoms with Gasteiger partial charge in [-0.3, -0.25) is 14.5 Å². The second kappa shape index (κ2) is 6.20. The number of urea groups is 1. The number of halogens is 1. The summed E-state index contributed by atoms with van der Waals surface area (Å²) in [5, 5.41) is 5.13. The standard InChI is InChI=1S/C16H21FN4O3/c1-15(2,18)9-19-12(22)8-21-13(23)16(3,20-14(21)24)10-4-6-11(17)7-5-10/h4-7H,8-9,18H2,1-3H3,(H,19,22)(H,20,24). The fraction of sp³-hybridized carbons (Fsp3) is 0.438. The molecule has 1 aromatic rings. The lowest BCUT2D eigenvalue weighted by molar-refractivity contribution is -0.134. The molecule has 1 fully saturated rings. The van der Waals surface area contributed by atoms with Gasteiger partial charge in [0.1, 0.15) is 17.9 Å². The second-order valence-electron chi connectivity index (χ2n) is 6.72. The summed E-state index contributed by atoms with van der Waals surface area (Å²) in [6.45, 7) is 4.81. The Morgan fingerprint density at radius 3 is 2.46 bits per heavy atom.